The smallest absolute Gasteiger partial charge is 0.243 e. The minimum absolute atomic E-state index is 0.0415. The van der Waals surface area contributed by atoms with Crippen LogP contribution in [0.5, 0.6) is 5.75 Å². The second-order valence-electron chi connectivity index (χ2n) is 6.61. The predicted molar refractivity (Wildman–Crippen MR) is 95.1 cm³/mol. The van der Waals surface area contributed by atoms with Crippen molar-refractivity contribution in [2.45, 2.75) is 38.0 Å². The van der Waals surface area contributed by atoms with Crippen LogP contribution in [0.25, 0.3) is 0 Å². The average molecular weight is 366 g/mol. The predicted octanol–water partition coefficient (Wildman–Crippen LogP) is 1.89. The molecule has 1 fully saturated rings. The molecule has 0 aromatic heterocycles. The van der Waals surface area contributed by atoms with Crippen molar-refractivity contribution in [2.75, 3.05) is 32.8 Å². The molecule has 0 bridgehead atoms. The summed E-state index contributed by atoms with van der Waals surface area (Å²) in [5.74, 6) is 0.969. The van der Waals surface area contributed by atoms with E-state index < -0.39 is 10.0 Å². The van der Waals surface area contributed by atoms with Crippen molar-refractivity contribution in [2.24, 2.45) is 5.92 Å². The lowest BCUT2D eigenvalue weighted by Gasteiger charge is -2.35. The summed E-state index contributed by atoms with van der Waals surface area (Å²) in [4.78, 5) is 14.6. The number of ether oxygens (including phenoxy) is 1. The SMILES string of the molecule is CCC(CC)C(=O)N1CCN(S(=O)(=O)c2ccc3c(c2)CCO3)CC1. The van der Waals surface area contributed by atoms with Gasteiger partial charge in [-0.1, -0.05) is 13.8 Å². The summed E-state index contributed by atoms with van der Waals surface area (Å²) in [6, 6.07) is 5.07. The third-order valence-electron chi connectivity index (χ3n) is 5.18. The molecule has 2 aliphatic rings. The van der Waals surface area contributed by atoms with Gasteiger partial charge in [0.25, 0.3) is 0 Å². The molecule has 0 spiro atoms. The van der Waals surface area contributed by atoms with Crippen LogP contribution in [0.1, 0.15) is 32.3 Å². The molecule has 6 nitrogen and oxygen atoms in total. The number of piperazine rings is 1. The van der Waals surface area contributed by atoms with Gasteiger partial charge in [-0.2, -0.15) is 4.31 Å². The zero-order valence-corrected chi connectivity index (χ0v) is 15.7. The van der Waals surface area contributed by atoms with Crippen molar-refractivity contribution >= 4 is 15.9 Å². The first-order chi connectivity index (χ1) is 12.0. The number of benzene rings is 1. The standard InChI is InChI=1S/C18H26N2O4S/c1-3-14(4-2)18(21)19-8-10-20(11-9-19)25(22,23)16-5-6-17-15(13-16)7-12-24-17/h5-6,13-14H,3-4,7-12H2,1-2H3. The molecule has 7 heteroatoms. The normalized spacial score (nSPS) is 18.3. The van der Waals surface area contributed by atoms with Gasteiger partial charge in [0.1, 0.15) is 5.75 Å². The summed E-state index contributed by atoms with van der Waals surface area (Å²) >= 11 is 0. The van der Waals surface area contributed by atoms with Crippen LogP contribution in [0.3, 0.4) is 0 Å². The lowest BCUT2D eigenvalue weighted by atomic mass is 10.0. The Labute approximate surface area is 149 Å². The van der Waals surface area contributed by atoms with E-state index in [0.29, 0.717) is 37.7 Å². The molecular formula is C18H26N2O4S. The van der Waals surface area contributed by atoms with E-state index in [9.17, 15) is 13.2 Å². The van der Waals surface area contributed by atoms with Crippen LogP contribution in [0.2, 0.25) is 0 Å². The lowest BCUT2D eigenvalue weighted by molar-refractivity contribution is -0.136. The van der Waals surface area contributed by atoms with E-state index in [1.165, 1.54) is 4.31 Å². The molecule has 0 saturated carbocycles. The molecule has 1 amide bonds. The number of hydrogen-bond acceptors (Lipinski definition) is 4. The first-order valence-electron chi connectivity index (χ1n) is 9.02. The van der Waals surface area contributed by atoms with Crippen LogP contribution in [0.4, 0.5) is 0 Å². The minimum atomic E-state index is -3.52. The number of fused-ring (bicyclic) bond motifs is 1. The maximum Gasteiger partial charge on any atom is 0.243 e. The Kier molecular flexibility index (Phi) is 5.34. The van der Waals surface area contributed by atoms with Crippen LogP contribution in [0.15, 0.2) is 23.1 Å². The molecule has 1 aromatic rings. The molecule has 2 heterocycles. The maximum absolute atomic E-state index is 12.9. The topological polar surface area (TPSA) is 66.9 Å². The fourth-order valence-corrected chi connectivity index (χ4v) is 4.99. The minimum Gasteiger partial charge on any atom is -0.493 e. The fraction of sp³-hybridized carbons (Fsp3) is 0.611. The lowest BCUT2D eigenvalue weighted by Crippen LogP contribution is -2.51. The summed E-state index contributed by atoms with van der Waals surface area (Å²) in [6.45, 7) is 6.26. The Balaban J connectivity index is 1.68. The van der Waals surface area contributed by atoms with Gasteiger partial charge in [0, 0.05) is 38.5 Å². The van der Waals surface area contributed by atoms with Crippen LogP contribution in [-0.2, 0) is 21.2 Å². The molecule has 0 N–H and O–H groups in total. The molecule has 0 atom stereocenters. The van der Waals surface area contributed by atoms with E-state index in [-0.39, 0.29) is 11.8 Å². The molecule has 1 aromatic carbocycles. The summed E-state index contributed by atoms with van der Waals surface area (Å²) in [5.41, 5.74) is 0.948. The second-order valence-corrected chi connectivity index (χ2v) is 8.55. The molecule has 1 saturated heterocycles. The number of nitrogens with zero attached hydrogens (tertiary/aromatic N) is 2. The van der Waals surface area contributed by atoms with Crippen LogP contribution in [0, 0.1) is 5.92 Å². The first-order valence-corrected chi connectivity index (χ1v) is 10.5. The summed E-state index contributed by atoms with van der Waals surface area (Å²) < 4.78 is 32.7. The zero-order valence-electron chi connectivity index (χ0n) is 14.9. The van der Waals surface area contributed by atoms with Gasteiger partial charge in [-0.05, 0) is 36.6 Å². The molecule has 3 rings (SSSR count). The van der Waals surface area contributed by atoms with E-state index in [0.717, 1.165) is 30.6 Å². The number of sulfonamides is 1. The monoisotopic (exact) mass is 366 g/mol. The first kappa shape index (κ1) is 18.2. The number of carbonyl (C=O) groups excluding carboxylic acids is 1. The quantitative estimate of drug-likeness (QED) is 0.798. The molecule has 0 unspecified atom stereocenters. The average Bonchev–Trinajstić information content (AvgIpc) is 3.10. The molecule has 138 valence electrons. The third kappa shape index (κ3) is 3.53. The van der Waals surface area contributed by atoms with Gasteiger partial charge in [0.2, 0.25) is 15.9 Å². The van der Waals surface area contributed by atoms with Crippen LogP contribution in [-0.4, -0.2) is 56.3 Å². The summed E-state index contributed by atoms with van der Waals surface area (Å²) in [6.07, 6.45) is 2.40. The summed E-state index contributed by atoms with van der Waals surface area (Å²) in [5, 5.41) is 0. The molecule has 2 aliphatic heterocycles. The van der Waals surface area contributed by atoms with Crippen molar-refractivity contribution < 1.29 is 17.9 Å². The Hall–Kier alpha value is -1.60. The maximum atomic E-state index is 12.9. The van der Waals surface area contributed by atoms with Crippen LogP contribution < -0.4 is 4.74 Å². The van der Waals surface area contributed by atoms with E-state index in [1.807, 2.05) is 13.8 Å². The third-order valence-corrected chi connectivity index (χ3v) is 7.08. The van der Waals surface area contributed by atoms with Crippen molar-refractivity contribution in [3.8, 4) is 5.75 Å². The van der Waals surface area contributed by atoms with Gasteiger partial charge in [0.15, 0.2) is 0 Å². The Morgan fingerprint density at radius 1 is 1.16 bits per heavy atom. The van der Waals surface area contributed by atoms with E-state index in [1.54, 1.807) is 23.1 Å². The van der Waals surface area contributed by atoms with Crippen molar-refractivity contribution in [3.63, 3.8) is 0 Å². The summed E-state index contributed by atoms with van der Waals surface area (Å²) in [7, 11) is -3.52. The van der Waals surface area contributed by atoms with Crippen molar-refractivity contribution in [3.05, 3.63) is 23.8 Å². The van der Waals surface area contributed by atoms with Crippen molar-refractivity contribution in [1.82, 2.24) is 9.21 Å². The Bertz CT molecular complexity index is 735. The van der Waals surface area contributed by atoms with Crippen molar-refractivity contribution in [1.29, 1.82) is 0 Å². The van der Waals surface area contributed by atoms with Crippen LogP contribution >= 0.6 is 0 Å². The molecule has 0 radical (unpaired) electrons. The highest BCUT2D eigenvalue weighted by molar-refractivity contribution is 7.89. The van der Waals surface area contributed by atoms with E-state index in [2.05, 4.69) is 0 Å². The number of amides is 1. The molecular weight excluding hydrogens is 340 g/mol. The Morgan fingerprint density at radius 3 is 2.48 bits per heavy atom. The molecule has 0 aliphatic carbocycles. The highest BCUT2D eigenvalue weighted by atomic mass is 32.2. The zero-order chi connectivity index (χ0) is 18.0. The largest absolute Gasteiger partial charge is 0.493 e. The van der Waals surface area contributed by atoms with Gasteiger partial charge in [-0.25, -0.2) is 8.42 Å². The van der Waals surface area contributed by atoms with E-state index in [4.69, 9.17) is 4.74 Å². The van der Waals surface area contributed by atoms with Gasteiger partial charge in [-0.15, -0.1) is 0 Å². The van der Waals surface area contributed by atoms with Gasteiger partial charge in [-0.3, -0.25) is 4.79 Å². The number of carbonyl (C=O) groups is 1. The number of rotatable bonds is 5. The van der Waals surface area contributed by atoms with Gasteiger partial charge in [0.05, 0.1) is 11.5 Å². The molecule has 25 heavy (non-hydrogen) atoms. The number of hydrogen-bond donors (Lipinski definition) is 0. The highest BCUT2D eigenvalue weighted by Gasteiger charge is 2.32. The van der Waals surface area contributed by atoms with Gasteiger partial charge >= 0.3 is 0 Å². The Morgan fingerprint density at radius 2 is 1.84 bits per heavy atom. The van der Waals surface area contributed by atoms with E-state index >= 15 is 0 Å². The fourth-order valence-electron chi connectivity index (χ4n) is 3.52. The van der Waals surface area contributed by atoms with Gasteiger partial charge < -0.3 is 9.64 Å². The highest BCUT2D eigenvalue weighted by Crippen LogP contribution is 2.29. The second kappa shape index (κ2) is 7.33.